The number of methoxy groups -OCH3 is 2. The lowest BCUT2D eigenvalue weighted by atomic mass is 10.1. The summed E-state index contributed by atoms with van der Waals surface area (Å²) in [6, 6.07) is 5.59. The Morgan fingerprint density at radius 1 is 1.28 bits per heavy atom. The smallest absolute Gasteiger partial charge is 0.263 e. The van der Waals surface area contributed by atoms with Crippen LogP contribution < -0.4 is 20.3 Å². The second-order valence-electron chi connectivity index (χ2n) is 5.98. The molecule has 2 aromatic rings. The van der Waals surface area contributed by atoms with Gasteiger partial charge in [0, 0.05) is 18.7 Å². The molecule has 0 unspecified atom stereocenters. The van der Waals surface area contributed by atoms with E-state index in [0.29, 0.717) is 36.2 Å². The number of aromatic amines is 1. The molecular weight excluding hydrogens is 322 g/mol. The van der Waals surface area contributed by atoms with Crippen molar-refractivity contribution in [3.8, 4) is 11.5 Å². The third-order valence-corrected chi connectivity index (χ3v) is 4.17. The maximum Gasteiger partial charge on any atom is 0.263 e. The molecule has 1 amide bonds. The van der Waals surface area contributed by atoms with Crippen LogP contribution in [0.25, 0.3) is 0 Å². The summed E-state index contributed by atoms with van der Waals surface area (Å²) in [4.78, 5) is 31.1. The molecule has 0 spiro atoms. The standard InChI is InChI=1S/C18H21N3O4/c1-24-14-6-3-11(9-15(14)25-2)7-8-19-17(22)13-10-20-16(12-4-5-12)21-18(13)23/h3,6,9-10,12H,4-5,7-8H2,1-2H3,(H,19,22)(H,20,21,23). The predicted octanol–water partition coefficient (Wildman–Crippen LogP) is 1.64. The zero-order valence-electron chi connectivity index (χ0n) is 14.3. The zero-order chi connectivity index (χ0) is 17.8. The molecule has 0 radical (unpaired) electrons. The topological polar surface area (TPSA) is 93.3 Å². The van der Waals surface area contributed by atoms with Crippen LogP contribution in [0.1, 0.15) is 40.5 Å². The molecule has 1 aromatic carbocycles. The van der Waals surface area contributed by atoms with Crippen LogP contribution in [0.2, 0.25) is 0 Å². The first-order valence-electron chi connectivity index (χ1n) is 8.20. The molecule has 3 rings (SSSR count). The van der Waals surface area contributed by atoms with Gasteiger partial charge in [-0.25, -0.2) is 4.98 Å². The van der Waals surface area contributed by atoms with Crippen molar-refractivity contribution in [3.63, 3.8) is 0 Å². The first kappa shape index (κ1) is 17.0. The average molecular weight is 343 g/mol. The summed E-state index contributed by atoms with van der Waals surface area (Å²) >= 11 is 0. The molecule has 1 aliphatic carbocycles. The fourth-order valence-corrected chi connectivity index (χ4v) is 2.59. The highest BCUT2D eigenvalue weighted by molar-refractivity contribution is 5.93. The summed E-state index contributed by atoms with van der Waals surface area (Å²) in [6.07, 6.45) is 4.05. The lowest BCUT2D eigenvalue weighted by Crippen LogP contribution is -2.31. The highest BCUT2D eigenvalue weighted by atomic mass is 16.5. The molecule has 0 bridgehead atoms. The number of carbonyl (C=O) groups is 1. The SMILES string of the molecule is COc1ccc(CCNC(=O)c2cnc(C3CC3)[nH]c2=O)cc1OC. The number of rotatable bonds is 7. The lowest BCUT2D eigenvalue weighted by Gasteiger charge is -2.10. The predicted molar refractivity (Wildman–Crippen MR) is 92.4 cm³/mol. The summed E-state index contributed by atoms with van der Waals surface area (Å²) in [5.41, 5.74) is 0.645. The Morgan fingerprint density at radius 2 is 2.04 bits per heavy atom. The van der Waals surface area contributed by atoms with Crippen LogP contribution in [-0.4, -0.2) is 36.6 Å². The lowest BCUT2D eigenvalue weighted by molar-refractivity contribution is 0.0952. The van der Waals surface area contributed by atoms with E-state index in [9.17, 15) is 9.59 Å². The van der Waals surface area contributed by atoms with E-state index < -0.39 is 5.91 Å². The first-order chi connectivity index (χ1) is 12.1. The van der Waals surface area contributed by atoms with Crippen molar-refractivity contribution in [2.24, 2.45) is 0 Å². The van der Waals surface area contributed by atoms with Crippen LogP contribution in [0, 0.1) is 0 Å². The molecule has 7 heteroatoms. The van der Waals surface area contributed by atoms with E-state index in [2.05, 4.69) is 15.3 Å². The van der Waals surface area contributed by atoms with Crippen molar-refractivity contribution in [2.45, 2.75) is 25.2 Å². The number of aromatic nitrogens is 2. The van der Waals surface area contributed by atoms with Gasteiger partial charge < -0.3 is 19.8 Å². The Labute approximate surface area is 145 Å². The molecule has 0 aliphatic heterocycles. The van der Waals surface area contributed by atoms with Gasteiger partial charge in [0.05, 0.1) is 14.2 Å². The molecular formula is C18H21N3O4. The minimum absolute atomic E-state index is 0.0386. The maximum absolute atomic E-state index is 12.2. The average Bonchev–Trinajstić information content (AvgIpc) is 3.46. The van der Waals surface area contributed by atoms with Gasteiger partial charge in [0.1, 0.15) is 11.4 Å². The molecule has 0 atom stereocenters. The minimum atomic E-state index is -0.420. The normalized spacial score (nSPS) is 13.4. The summed E-state index contributed by atoms with van der Waals surface area (Å²) < 4.78 is 10.5. The van der Waals surface area contributed by atoms with Gasteiger partial charge in [-0.1, -0.05) is 6.07 Å². The highest BCUT2D eigenvalue weighted by Gasteiger charge is 2.26. The van der Waals surface area contributed by atoms with Gasteiger partial charge in [0.25, 0.3) is 11.5 Å². The Morgan fingerprint density at radius 3 is 2.68 bits per heavy atom. The fraction of sp³-hybridized carbons (Fsp3) is 0.389. The van der Waals surface area contributed by atoms with Crippen molar-refractivity contribution in [1.82, 2.24) is 15.3 Å². The molecule has 132 valence electrons. The summed E-state index contributed by atoms with van der Waals surface area (Å²) in [7, 11) is 3.16. The van der Waals surface area contributed by atoms with E-state index in [-0.39, 0.29) is 11.1 Å². The van der Waals surface area contributed by atoms with Crippen molar-refractivity contribution < 1.29 is 14.3 Å². The quantitative estimate of drug-likeness (QED) is 0.797. The van der Waals surface area contributed by atoms with Crippen LogP contribution in [-0.2, 0) is 6.42 Å². The minimum Gasteiger partial charge on any atom is -0.493 e. The molecule has 2 N–H and O–H groups in total. The molecule has 1 fully saturated rings. The zero-order valence-corrected chi connectivity index (χ0v) is 14.3. The Kier molecular flexibility index (Phi) is 5.02. The van der Waals surface area contributed by atoms with Crippen molar-refractivity contribution in [1.29, 1.82) is 0 Å². The second-order valence-corrected chi connectivity index (χ2v) is 5.98. The maximum atomic E-state index is 12.2. The highest BCUT2D eigenvalue weighted by Crippen LogP contribution is 2.37. The molecule has 0 saturated heterocycles. The van der Waals surface area contributed by atoms with Crippen molar-refractivity contribution in [3.05, 3.63) is 51.7 Å². The number of hydrogen-bond acceptors (Lipinski definition) is 5. The number of H-pyrrole nitrogens is 1. The van der Waals surface area contributed by atoms with E-state index in [1.165, 1.54) is 6.20 Å². The van der Waals surface area contributed by atoms with E-state index >= 15 is 0 Å². The molecule has 1 saturated carbocycles. The Balaban J connectivity index is 1.58. The van der Waals surface area contributed by atoms with Crippen LogP contribution in [0.15, 0.2) is 29.2 Å². The van der Waals surface area contributed by atoms with Crippen LogP contribution in [0.4, 0.5) is 0 Å². The molecule has 1 aromatic heterocycles. The Hall–Kier alpha value is -2.83. The van der Waals surface area contributed by atoms with Gasteiger partial charge in [-0.3, -0.25) is 9.59 Å². The Bertz CT molecular complexity index is 827. The monoisotopic (exact) mass is 343 g/mol. The van der Waals surface area contributed by atoms with Crippen molar-refractivity contribution in [2.75, 3.05) is 20.8 Å². The number of ether oxygens (including phenoxy) is 2. The summed E-state index contributed by atoms with van der Waals surface area (Å²) in [5.74, 6) is 1.89. The van der Waals surface area contributed by atoms with E-state index in [0.717, 1.165) is 18.4 Å². The van der Waals surface area contributed by atoms with Gasteiger partial charge in [-0.05, 0) is 37.0 Å². The van der Waals surface area contributed by atoms with Gasteiger partial charge >= 0.3 is 0 Å². The van der Waals surface area contributed by atoms with Gasteiger partial charge in [-0.15, -0.1) is 0 Å². The number of hydrogen-bond donors (Lipinski definition) is 2. The fourth-order valence-electron chi connectivity index (χ4n) is 2.59. The van der Waals surface area contributed by atoms with E-state index in [1.807, 2.05) is 18.2 Å². The van der Waals surface area contributed by atoms with E-state index in [1.54, 1.807) is 14.2 Å². The largest absolute Gasteiger partial charge is 0.493 e. The summed E-state index contributed by atoms with van der Waals surface area (Å²) in [5, 5.41) is 2.75. The van der Waals surface area contributed by atoms with Crippen LogP contribution >= 0.6 is 0 Å². The molecule has 1 aliphatic rings. The second kappa shape index (κ2) is 7.38. The van der Waals surface area contributed by atoms with Crippen LogP contribution in [0.3, 0.4) is 0 Å². The van der Waals surface area contributed by atoms with Gasteiger partial charge in [0.15, 0.2) is 11.5 Å². The molecule has 7 nitrogen and oxygen atoms in total. The van der Waals surface area contributed by atoms with Crippen molar-refractivity contribution >= 4 is 5.91 Å². The number of benzene rings is 1. The number of carbonyl (C=O) groups excluding carboxylic acids is 1. The van der Waals surface area contributed by atoms with Crippen LogP contribution in [0.5, 0.6) is 11.5 Å². The summed E-state index contributed by atoms with van der Waals surface area (Å²) in [6.45, 7) is 0.401. The number of amides is 1. The first-order valence-corrected chi connectivity index (χ1v) is 8.20. The third kappa shape index (κ3) is 3.99. The number of nitrogens with zero attached hydrogens (tertiary/aromatic N) is 1. The van der Waals surface area contributed by atoms with Gasteiger partial charge in [0.2, 0.25) is 0 Å². The molecule has 25 heavy (non-hydrogen) atoms. The van der Waals surface area contributed by atoms with E-state index in [4.69, 9.17) is 9.47 Å². The third-order valence-electron chi connectivity index (χ3n) is 4.17. The van der Waals surface area contributed by atoms with Gasteiger partial charge in [-0.2, -0.15) is 0 Å². The molecule has 1 heterocycles. The number of nitrogens with one attached hydrogen (secondary N) is 2.